The monoisotopic (exact) mass is 436 g/mol. The standard InChI is InChI=1S/C29H40O3/c1-19(32-26(30)20-8-6-5-7-9-20)23-12-13-24-22-11-10-21-18-27(2,31)16-17-28(21,3)25(22)14-15-29(23,24)4/h5-10,19,22-25,31H,11-18H2,1-4H3/t19-,22?,23-,24?,25?,27+,28+,29-/m1/s1. The fraction of sp³-hybridized carbons (Fsp3) is 0.690. The number of benzene rings is 1. The van der Waals surface area contributed by atoms with Gasteiger partial charge in [-0.3, -0.25) is 0 Å². The Balaban J connectivity index is 1.34. The summed E-state index contributed by atoms with van der Waals surface area (Å²) in [5.41, 5.74) is 2.15. The van der Waals surface area contributed by atoms with Gasteiger partial charge in [0.05, 0.1) is 11.2 Å². The van der Waals surface area contributed by atoms with E-state index in [2.05, 4.69) is 26.8 Å². The summed E-state index contributed by atoms with van der Waals surface area (Å²) < 4.78 is 6.02. The molecule has 3 heteroatoms. The second kappa shape index (κ2) is 7.72. The minimum Gasteiger partial charge on any atom is -0.459 e. The molecule has 1 N–H and O–H groups in total. The van der Waals surface area contributed by atoms with E-state index >= 15 is 0 Å². The van der Waals surface area contributed by atoms with E-state index in [1.165, 1.54) is 24.8 Å². The van der Waals surface area contributed by atoms with Crippen LogP contribution in [0.5, 0.6) is 0 Å². The lowest BCUT2D eigenvalue weighted by Crippen LogP contribution is -2.52. The number of fused-ring (bicyclic) bond motifs is 5. The van der Waals surface area contributed by atoms with Crippen molar-refractivity contribution in [2.24, 2.45) is 34.5 Å². The van der Waals surface area contributed by atoms with Crippen molar-refractivity contribution in [3.05, 3.63) is 47.5 Å². The Morgan fingerprint density at radius 1 is 1.03 bits per heavy atom. The molecule has 3 unspecified atom stereocenters. The van der Waals surface area contributed by atoms with Crippen LogP contribution in [0.25, 0.3) is 0 Å². The van der Waals surface area contributed by atoms with Crippen molar-refractivity contribution < 1.29 is 14.6 Å². The Bertz CT molecular complexity index is 902. The summed E-state index contributed by atoms with van der Waals surface area (Å²) in [6.45, 7) is 9.11. The Morgan fingerprint density at radius 3 is 2.53 bits per heavy atom. The van der Waals surface area contributed by atoms with Gasteiger partial charge in [0.25, 0.3) is 0 Å². The lowest BCUT2D eigenvalue weighted by atomic mass is 9.46. The summed E-state index contributed by atoms with van der Waals surface area (Å²) in [6, 6.07) is 9.40. The summed E-state index contributed by atoms with van der Waals surface area (Å²) in [5, 5.41) is 10.7. The van der Waals surface area contributed by atoms with E-state index in [4.69, 9.17) is 4.74 Å². The van der Waals surface area contributed by atoms with Gasteiger partial charge in [-0.05, 0) is 106 Å². The molecule has 174 valence electrons. The number of carbonyl (C=O) groups excluding carboxylic acids is 1. The highest BCUT2D eigenvalue weighted by Gasteiger charge is 2.60. The average Bonchev–Trinajstić information content (AvgIpc) is 3.12. The van der Waals surface area contributed by atoms with Crippen LogP contribution in [-0.2, 0) is 4.74 Å². The molecule has 3 fully saturated rings. The van der Waals surface area contributed by atoms with Crippen LogP contribution in [0, 0.1) is 34.5 Å². The number of carbonyl (C=O) groups is 1. The molecule has 0 aliphatic heterocycles. The van der Waals surface area contributed by atoms with Gasteiger partial charge in [-0.2, -0.15) is 0 Å². The molecule has 4 aliphatic rings. The van der Waals surface area contributed by atoms with Gasteiger partial charge in [0.15, 0.2) is 0 Å². The Morgan fingerprint density at radius 2 is 1.78 bits per heavy atom. The summed E-state index contributed by atoms with van der Waals surface area (Å²) >= 11 is 0. The first-order valence-corrected chi connectivity index (χ1v) is 12.8. The van der Waals surface area contributed by atoms with Crippen molar-refractivity contribution in [1.29, 1.82) is 0 Å². The number of aliphatic hydroxyl groups is 1. The van der Waals surface area contributed by atoms with Gasteiger partial charge in [0.1, 0.15) is 6.10 Å². The normalized spacial score (nSPS) is 44.0. The molecule has 0 heterocycles. The quantitative estimate of drug-likeness (QED) is 0.431. The predicted octanol–water partition coefficient (Wildman–Crippen LogP) is 6.56. The molecular formula is C29H40O3. The van der Waals surface area contributed by atoms with Gasteiger partial charge in [0.2, 0.25) is 0 Å². The molecule has 8 atom stereocenters. The SMILES string of the molecule is C[C@@H](OC(=O)c1ccccc1)[C@H]1CCC2C3CC=C4C[C@@](C)(O)CC[C@]4(C)C3CC[C@@]21C. The lowest BCUT2D eigenvalue weighted by molar-refractivity contribution is -0.0804. The molecule has 4 aliphatic carbocycles. The Hall–Kier alpha value is -1.61. The Labute approximate surface area is 193 Å². The zero-order valence-electron chi connectivity index (χ0n) is 20.3. The number of hydrogen-bond acceptors (Lipinski definition) is 3. The van der Waals surface area contributed by atoms with Crippen molar-refractivity contribution in [2.75, 3.05) is 0 Å². The number of rotatable bonds is 3. The van der Waals surface area contributed by atoms with Crippen molar-refractivity contribution in [3.63, 3.8) is 0 Å². The molecule has 0 bridgehead atoms. The molecule has 3 saturated carbocycles. The largest absolute Gasteiger partial charge is 0.459 e. The first-order valence-electron chi connectivity index (χ1n) is 12.8. The molecule has 0 aromatic heterocycles. The maximum atomic E-state index is 12.7. The molecule has 0 radical (unpaired) electrons. The van der Waals surface area contributed by atoms with E-state index in [0.29, 0.717) is 17.4 Å². The zero-order valence-corrected chi connectivity index (χ0v) is 20.3. The second-order valence-electron chi connectivity index (χ2n) is 12.1. The Kier molecular flexibility index (Phi) is 5.36. The number of allylic oxidation sites excluding steroid dienone is 1. The van der Waals surface area contributed by atoms with E-state index < -0.39 is 5.60 Å². The third kappa shape index (κ3) is 3.47. The maximum Gasteiger partial charge on any atom is 0.338 e. The molecule has 0 saturated heterocycles. The first-order chi connectivity index (χ1) is 15.1. The van der Waals surface area contributed by atoms with Crippen molar-refractivity contribution >= 4 is 5.97 Å². The highest BCUT2D eigenvalue weighted by atomic mass is 16.5. The van der Waals surface area contributed by atoms with Crippen LogP contribution in [0.4, 0.5) is 0 Å². The molecular weight excluding hydrogens is 396 g/mol. The van der Waals surface area contributed by atoms with Crippen LogP contribution >= 0.6 is 0 Å². The van der Waals surface area contributed by atoms with E-state index in [-0.39, 0.29) is 22.9 Å². The molecule has 1 aromatic carbocycles. The minimum absolute atomic E-state index is 0.0516. The number of ether oxygens (including phenoxy) is 1. The van der Waals surface area contributed by atoms with Gasteiger partial charge in [-0.25, -0.2) is 4.79 Å². The molecule has 5 rings (SSSR count). The van der Waals surface area contributed by atoms with Crippen LogP contribution in [0.2, 0.25) is 0 Å². The van der Waals surface area contributed by atoms with E-state index in [0.717, 1.165) is 43.9 Å². The molecule has 0 spiro atoms. The number of hydrogen-bond donors (Lipinski definition) is 1. The molecule has 3 nitrogen and oxygen atoms in total. The van der Waals surface area contributed by atoms with Gasteiger partial charge in [-0.1, -0.05) is 43.7 Å². The van der Waals surface area contributed by atoms with E-state index in [1.807, 2.05) is 37.3 Å². The summed E-state index contributed by atoms with van der Waals surface area (Å²) in [6.07, 6.45) is 11.4. The third-order valence-corrected chi connectivity index (χ3v) is 10.3. The second-order valence-corrected chi connectivity index (χ2v) is 12.1. The van der Waals surface area contributed by atoms with E-state index in [1.54, 1.807) is 0 Å². The first kappa shape index (κ1) is 22.2. The van der Waals surface area contributed by atoms with Crippen LogP contribution in [0.15, 0.2) is 42.0 Å². The smallest absolute Gasteiger partial charge is 0.338 e. The van der Waals surface area contributed by atoms with Crippen molar-refractivity contribution in [1.82, 2.24) is 0 Å². The van der Waals surface area contributed by atoms with Gasteiger partial charge < -0.3 is 9.84 Å². The predicted molar refractivity (Wildman–Crippen MR) is 127 cm³/mol. The van der Waals surface area contributed by atoms with Gasteiger partial charge >= 0.3 is 5.97 Å². The van der Waals surface area contributed by atoms with Crippen LogP contribution < -0.4 is 0 Å². The van der Waals surface area contributed by atoms with Crippen molar-refractivity contribution in [2.45, 2.75) is 90.8 Å². The molecule has 1 aromatic rings. The van der Waals surface area contributed by atoms with Gasteiger partial charge in [-0.15, -0.1) is 0 Å². The summed E-state index contributed by atoms with van der Waals surface area (Å²) in [7, 11) is 0. The van der Waals surface area contributed by atoms with Crippen LogP contribution in [0.1, 0.15) is 89.4 Å². The molecule has 0 amide bonds. The average molecular weight is 437 g/mol. The highest BCUT2D eigenvalue weighted by molar-refractivity contribution is 5.89. The van der Waals surface area contributed by atoms with Crippen LogP contribution in [-0.4, -0.2) is 22.8 Å². The fourth-order valence-electron chi connectivity index (χ4n) is 8.51. The lowest BCUT2D eigenvalue weighted by Gasteiger charge is -2.59. The zero-order chi connectivity index (χ0) is 22.7. The summed E-state index contributed by atoms with van der Waals surface area (Å²) in [4.78, 5) is 12.7. The van der Waals surface area contributed by atoms with Gasteiger partial charge in [0, 0.05) is 5.92 Å². The maximum absolute atomic E-state index is 12.7. The van der Waals surface area contributed by atoms with Crippen LogP contribution in [0.3, 0.4) is 0 Å². The summed E-state index contributed by atoms with van der Waals surface area (Å²) in [5.74, 6) is 2.42. The third-order valence-electron chi connectivity index (χ3n) is 10.3. The topological polar surface area (TPSA) is 46.5 Å². The number of esters is 1. The molecule has 32 heavy (non-hydrogen) atoms. The fourth-order valence-corrected chi connectivity index (χ4v) is 8.51. The van der Waals surface area contributed by atoms with Crippen molar-refractivity contribution in [3.8, 4) is 0 Å². The minimum atomic E-state index is -0.530. The van der Waals surface area contributed by atoms with E-state index in [9.17, 15) is 9.90 Å². The highest BCUT2D eigenvalue weighted by Crippen LogP contribution is 2.67.